The molecule has 1 aromatic rings. The molecule has 1 saturated heterocycles. The predicted molar refractivity (Wildman–Crippen MR) is 77.0 cm³/mol. The number of nitrogens with two attached hydrogens (primary N) is 1. The number of nitrogen functional groups attached to an aromatic ring is 1. The van der Waals surface area contributed by atoms with Crippen molar-refractivity contribution in [2.75, 3.05) is 12.3 Å². The van der Waals surface area contributed by atoms with Crippen LogP contribution in [-0.4, -0.2) is 17.5 Å². The minimum atomic E-state index is 0.231. The van der Waals surface area contributed by atoms with Crippen LogP contribution < -0.4 is 5.73 Å². The second kappa shape index (κ2) is 4.78. The van der Waals surface area contributed by atoms with Crippen molar-refractivity contribution in [3.05, 3.63) is 23.8 Å². The minimum absolute atomic E-state index is 0.231. The average molecular weight is 263 g/mol. The Bertz CT molecular complexity index is 442. The van der Waals surface area contributed by atoms with Crippen molar-refractivity contribution >= 4 is 17.4 Å². The second-order valence-electron chi connectivity index (χ2n) is 5.66. The van der Waals surface area contributed by atoms with E-state index in [0.717, 1.165) is 18.7 Å². The zero-order valence-electron chi connectivity index (χ0n) is 10.9. The van der Waals surface area contributed by atoms with E-state index in [9.17, 15) is 0 Å². The molecule has 2 aliphatic rings. The molecule has 3 rings (SSSR count). The molecule has 1 heterocycles. The fraction of sp³-hybridized carbons (Fsp3) is 0.600. The first-order chi connectivity index (χ1) is 8.67. The first-order valence-electron chi connectivity index (χ1n) is 6.84. The van der Waals surface area contributed by atoms with Crippen LogP contribution in [0.1, 0.15) is 37.7 Å². The van der Waals surface area contributed by atoms with Crippen LogP contribution in [-0.2, 0) is 4.74 Å². The van der Waals surface area contributed by atoms with Crippen LogP contribution in [0.2, 0.25) is 0 Å². The summed E-state index contributed by atoms with van der Waals surface area (Å²) in [5.74, 6) is 0. The molecule has 1 saturated carbocycles. The predicted octanol–water partition coefficient (Wildman–Crippen LogP) is 3.77. The van der Waals surface area contributed by atoms with E-state index < -0.39 is 0 Å². The molecule has 2 fully saturated rings. The van der Waals surface area contributed by atoms with Gasteiger partial charge in [0.2, 0.25) is 0 Å². The Morgan fingerprint density at radius 3 is 2.94 bits per heavy atom. The van der Waals surface area contributed by atoms with E-state index >= 15 is 0 Å². The Hall–Kier alpha value is -0.670. The summed E-state index contributed by atoms with van der Waals surface area (Å²) in [7, 11) is 0. The summed E-state index contributed by atoms with van der Waals surface area (Å²) in [6, 6.07) is 6.32. The third-order valence-corrected chi connectivity index (χ3v) is 5.52. The molecule has 18 heavy (non-hydrogen) atoms. The summed E-state index contributed by atoms with van der Waals surface area (Å²) < 4.78 is 5.98. The first kappa shape index (κ1) is 12.4. The maximum absolute atomic E-state index is 6.07. The van der Waals surface area contributed by atoms with Gasteiger partial charge in [-0.3, -0.25) is 0 Å². The Balaban J connectivity index is 1.70. The lowest BCUT2D eigenvalue weighted by Gasteiger charge is -2.47. The lowest BCUT2D eigenvalue weighted by atomic mass is 9.75. The standard InChI is InChI=1S/C15H21NOS/c1-11-3-4-13(16)14(9-11)18-12-5-8-17-15(10-12)6-2-7-15/h3-4,9,12H,2,5-8,10,16H2,1H3. The van der Waals surface area contributed by atoms with Crippen molar-refractivity contribution in [2.24, 2.45) is 0 Å². The molecule has 2 N–H and O–H groups in total. The molecule has 0 amide bonds. The van der Waals surface area contributed by atoms with Gasteiger partial charge in [-0.05, 0) is 56.7 Å². The van der Waals surface area contributed by atoms with E-state index in [1.54, 1.807) is 0 Å². The van der Waals surface area contributed by atoms with E-state index in [4.69, 9.17) is 10.5 Å². The maximum Gasteiger partial charge on any atom is 0.0693 e. The Kier molecular flexibility index (Phi) is 3.29. The van der Waals surface area contributed by atoms with Gasteiger partial charge < -0.3 is 10.5 Å². The molecule has 1 aliphatic carbocycles. The molecule has 3 heteroatoms. The van der Waals surface area contributed by atoms with Crippen molar-refractivity contribution in [3.63, 3.8) is 0 Å². The smallest absolute Gasteiger partial charge is 0.0693 e. The SMILES string of the molecule is Cc1ccc(N)c(SC2CCOC3(CCC3)C2)c1. The van der Waals surface area contributed by atoms with Crippen LogP contribution >= 0.6 is 11.8 Å². The lowest BCUT2D eigenvalue weighted by molar-refractivity contribution is -0.125. The zero-order chi connectivity index (χ0) is 12.6. The fourth-order valence-electron chi connectivity index (χ4n) is 2.93. The molecule has 98 valence electrons. The minimum Gasteiger partial charge on any atom is -0.398 e. The second-order valence-corrected chi connectivity index (χ2v) is 7.00. The summed E-state index contributed by atoms with van der Waals surface area (Å²) in [5, 5.41) is 0.670. The molecular formula is C15H21NOS. The molecular weight excluding hydrogens is 242 g/mol. The summed E-state index contributed by atoms with van der Waals surface area (Å²) >= 11 is 1.95. The molecule has 1 unspecified atom stereocenters. The van der Waals surface area contributed by atoms with Crippen LogP contribution in [0, 0.1) is 6.92 Å². The van der Waals surface area contributed by atoms with Crippen molar-refractivity contribution in [3.8, 4) is 0 Å². The van der Waals surface area contributed by atoms with E-state index in [1.807, 2.05) is 17.8 Å². The topological polar surface area (TPSA) is 35.2 Å². The van der Waals surface area contributed by atoms with Gasteiger partial charge in [-0.15, -0.1) is 11.8 Å². The van der Waals surface area contributed by atoms with Gasteiger partial charge in [-0.2, -0.15) is 0 Å². The Morgan fingerprint density at radius 2 is 2.22 bits per heavy atom. The highest BCUT2D eigenvalue weighted by atomic mass is 32.2. The number of ether oxygens (including phenoxy) is 1. The largest absolute Gasteiger partial charge is 0.398 e. The molecule has 1 spiro atoms. The van der Waals surface area contributed by atoms with Crippen LogP contribution in [0.3, 0.4) is 0 Å². The van der Waals surface area contributed by atoms with E-state index in [-0.39, 0.29) is 5.60 Å². The number of rotatable bonds is 2. The van der Waals surface area contributed by atoms with Gasteiger partial charge in [-0.25, -0.2) is 0 Å². The third-order valence-electron chi connectivity index (χ3n) is 4.18. The highest BCUT2D eigenvalue weighted by molar-refractivity contribution is 8.00. The zero-order valence-corrected chi connectivity index (χ0v) is 11.8. The monoisotopic (exact) mass is 263 g/mol. The molecule has 1 aromatic carbocycles. The summed E-state index contributed by atoms with van der Waals surface area (Å²) in [5.41, 5.74) is 8.50. The highest BCUT2D eigenvalue weighted by Gasteiger charge is 2.42. The highest BCUT2D eigenvalue weighted by Crippen LogP contribution is 2.46. The van der Waals surface area contributed by atoms with Crippen LogP contribution in [0.4, 0.5) is 5.69 Å². The summed E-state index contributed by atoms with van der Waals surface area (Å²) in [6.07, 6.45) is 6.20. The van der Waals surface area contributed by atoms with Gasteiger partial charge in [0.05, 0.1) is 5.60 Å². The molecule has 2 nitrogen and oxygen atoms in total. The van der Waals surface area contributed by atoms with Crippen molar-refractivity contribution in [1.29, 1.82) is 0 Å². The van der Waals surface area contributed by atoms with Gasteiger partial charge in [0, 0.05) is 22.4 Å². The fourth-order valence-corrected chi connectivity index (χ4v) is 4.34. The maximum atomic E-state index is 6.07. The number of aryl methyl sites for hydroxylation is 1. The Morgan fingerprint density at radius 1 is 1.39 bits per heavy atom. The molecule has 1 aliphatic heterocycles. The van der Waals surface area contributed by atoms with E-state index in [2.05, 4.69) is 19.1 Å². The van der Waals surface area contributed by atoms with Crippen molar-refractivity contribution in [2.45, 2.75) is 54.8 Å². The molecule has 0 bridgehead atoms. The van der Waals surface area contributed by atoms with Gasteiger partial charge in [-0.1, -0.05) is 6.07 Å². The molecule has 1 atom stereocenters. The normalized spacial score (nSPS) is 25.9. The van der Waals surface area contributed by atoms with Gasteiger partial charge in [0.1, 0.15) is 0 Å². The number of benzene rings is 1. The van der Waals surface area contributed by atoms with Crippen LogP contribution in [0.5, 0.6) is 0 Å². The van der Waals surface area contributed by atoms with Crippen molar-refractivity contribution in [1.82, 2.24) is 0 Å². The van der Waals surface area contributed by atoms with Crippen LogP contribution in [0.25, 0.3) is 0 Å². The Labute approximate surface area is 113 Å². The number of hydrogen-bond donors (Lipinski definition) is 1. The first-order valence-corrected chi connectivity index (χ1v) is 7.72. The third kappa shape index (κ3) is 2.39. The van der Waals surface area contributed by atoms with E-state index in [1.165, 1.54) is 36.1 Å². The average Bonchev–Trinajstić information content (AvgIpc) is 2.32. The lowest BCUT2D eigenvalue weighted by Crippen LogP contribution is -2.46. The summed E-state index contributed by atoms with van der Waals surface area (Å²) in [6.45, 7) is 3.05. The number of anilines is 1. The summed E-state index contributed by atoms with van der Waals surface area (Å²) in [4.78, 5) is 1.25. The number of thioether (sulfide) groups is 1. The van der Waals surface area contributed by atoms with Gasteiger partial charge in [0.15, 0.2) is 0 Å². The van der Waals surface area contributed by atoms with Crippen molar-refractivity contribution < 1.29 is 4.74 Å². The molecule has 0 aromatic heterocycles. The van der Waals surface area contributed by atoms with E-state index in [0.29, 0.717) is 5.25 Å². The van der Waals surface area contributed by atoms with Gasteiger partial charge >= 0.3 is 0 Å². The van der Waals surface area contributed by atoms with Crippen LogP contribution in [0.15, 0.2) is 23.1 Å². The quantitative estimate of drug-likeness (QED) is 0.825. The van der Waals surface area contributed by atoms with Gasteiger partial charge in [0.25, 0.3) is 0 Å². The molecule has 0 radical (unpaired) electrons. The number of hydrogen-bond acceptors (Lipinski definition) is 3.